The van der Waals surface area contributed by atoms with Crippen molar-refractivity contribution in [2.75, 3.05) is 26.3 Å². The molecule has 1 aromatic heterocycles. The number of halogens is 6. The highest BCUT2D eigenvalue weighted by molar-refractivity contribution is 6.76. The minimum atomic E-state index is -5.10. The highest BCUT2D eigenvalue weighted by atomic mass is 28.3. The van der Waals surface area contributed by atoms with Crippen molar-refractivity contribution in [3.63, 3.8) is 0 Å². The Morgan fingerprint density at radius 3 is 2.31 bits per heavy atom. The van der Waals surface area contributed by atoms with Crippen LogP contribution in [0.2, 0.25) is 25.7 Å². The van der Waals surface area contributed by atoms with E-state index in [-0.39, 0.29) is 36.3 Å². The number of nitrogens with zero attached hydrogens (tertiary/aromatic N) is 3. The van der Waals surface area contributed by atoms with Crippen LogP contribution in [-0.2, 0) is 25.7 Å². The lowest BCUT2D eigenvalue weighted by atomic mass is 10.0. The molecule has 288 valence electrons. The van der Waals surface area contributed by atoms with E-state index in [0.717, 1.165) is 19.9 Å². The molecule has 1 saturated heterocycles. The zero-order valence-corrected chi connectivity index (χ0v) is 31.1. The van der Waals surface area contributed by atoms with E-state index in [1.165, 1.54) is 22.8 Å². The van der Waals surface area contributed by atoms with E-state index in [4.69, 9.17) is 21.7 Å². The normalized spacial score (nSPS) is 20.5. The van der Waals surface area contributed by atoms with Crippen molar-refractivity contribution in [1.82, 2.24) is 25.1 Å². The number of carbonyl (C=O) groups is 2. The first kappa shape index (κ1) is 37.7. The average Bonchev–Trinajstić information content (AvgIpc) is 3.69. The molecular weight excluding hydrogens is 704 g/mol. The SMILES string of the molecule is [2H]C1([2H])[C@@H](C(F)(F)F)NC(=O)N1[C@H](COC1CC1)c1ccc2c(c1)nc([C@H](COC(C)(C)C(F)(F)F)NC(=O)OC(C)(C)C)n2COCC[Si](C)(C)C. The molecule has 2 heterocycles. The molecule has 3 amide bonds. The number of urea groups is 1. The molecule has 51 heavy (non-hydrogen) atoms. The van der Waals surface area contributed by atoms with Crippen LogP contribution < -0.4 is 10.6 Å². The van der Waals surface area contributed by atoms with E-state index >= 15 is 0 Å². The third kappa shape index (κ3) is 11.2. The average molecular weight is 756 g/mol. The van der Waals surface area contributed by atoms with E-state index < -0.39 is 75.0 Å². The van der Waals surface area contributed by atoms with E-state index in [9.17, 15) is 35.9 Å². The summed E-state index contributed by atoms with van der Waals surface area (Å²) in [6, 6.07) is -1.53. The number of fused-ring (bicyclic) bond motifs is 1. The monoisotopic (exact) mass is 755 g/mol. The van der Waals surface area contributed by atoms with Gasteiger partial charge in [0.1, 0.15) is 30.2 Å². The topological polar surface area (TPSA) is 116 Å². The number of amides is 3. The van der Waals surface area contributed by atoms with Gasteiger partial charge in [0.25, 0.3) is 0 Å². The Balaban J connectivity index is 1.82. The lowest BCUT2D eigenvalue weighted by Gasteiger charge is -2.30. The van der Waals surface area contributed by atoms with Crippen molar-refractivity contribution < 1.29 is 57.6 Å². The predicted octanol–water partition coefficient (Wildman–Crippen LogP) is 7.45. The van der Waals surface area contributed by atoms with Crippen molar-refractivity contribution in [2.24, 2.45) is 0 Å². The van der Waals surface area contributed by atoms with Gasteiger partial charge in [-0.25, -0.2) is 14.6 Å². The number of hydrogen-bond donors (Lipinski definition) is 2. The van der Waals surface area contributed by atoms with E-state index in [1.54, 1.807) is 26.1 Å². The van der Waals surface area contributed by atoms with Crippen LogP contribution in [0.1, 0.15) is 73.7 Å². The summed E-state index contributed by atoms with van der Waals surface area (Å²) in [5, 5.41) is 4.28. The summed E-state index contributed by atoms with van der Waals surface area (Å²) in [6.07, 6.45) is -9.64. The second-order valence-corrected chi connectivity index (χ2v) is 21.1. The van der Waals surface area contributed by atoms with Crippen LogP contribution in [0.3, 0.4) is 0 Å². The van der Waals surface area contributed by atoms with E-state index in [0.29, 0.717) is 29.9 Å². The summed E-state index contributed by atoms with van der Waals surface area (Å²) in [5.41, 5.74) is -2.88. The van der Waals surface area contributed by atoms with Gasteiger partial charge in [-0.05, 0) is 71.2 Å². The highest BCUT2D eigenvalue weighted by Crippen LogP contribution is 2.36. The predicted molar refractivity (Wildman–Crippen MR) is 179 cm³/mol. The van der Waals surface area contributed by atoms with Gasteiger partial charge in [-0.1, -0.05) is 25.7 Å². The van der Waals surface area contributed by atoms with Crippen molar-refractivity contribution in [1.29, 1.82) is 0 Å². The highest BCUT2D eigenvalue weighted by Gasteiger charge is 2.50. The number of nitrogens with one attached hydrogen (secondary N) is 2. The second-order valence-electron chi connectivity index (χ2n) is 15.5. The Bertz CT molecular complexity index is 1620. The smallest absolute Gasteiger partial charge is 0.416 e. The third-order valence-corrected chi connectivity index (χ3v) is 9.81. The van der Waals surface area contributed by atoms with Gasteiger partial charge < -0.3 is 39.0 Å². The molecule has 1 aliphatic carbocycles. The van der Waals surface area contributed by atoms with Crippen molar-refractivity contribution >= 4 is 31.2 Å². The fourth-order valence-electron chi connectivity index (χ4n) is 4.90. The molecule has 0 bridgehead atoms. The molecule has 0 radical (unpaired) electrons. The van der Waals surface area contributed by atoms with Gasteiger partial charge >= 0.3 is 24.5 Å². The van der Waals surface area contributed by atoms with Gasteiger partial charge in [0.2, 0.25) is 0 Å². The molecule has 2 N–H and O–H groups in total. The Kier molecular flexibility index (Phi) is 11.2. The molecule has 1 saturated carbocycles. The lowest BCUT2D eigenvalue weighted by Crippen LogP contribution is -2.45. The summed E-state index contributed by atoms with van der Waals surface area (Å²) in [4.78, 5) is 31.2. The van der Waals surface area contributed by atoms with Gasteiger partial charge in [0, 0.05) is 14.7 Å². The van der Waals surface area contributed by atoms with E-state index in [2.05, 4.69) is 29.9 Å². The first-order chi connectivity index (χ1) is 24.1. The number of alkyl halides is 6. The second kappa shape index (κ2) is 15.1. The Morgan fingerprint density at radius 2 is 1.76 bits per heavy atom. The van der Waals surface area contributed by atoms with Crippen LogP contribution >= 0.6 is 0 Å². The molecule has 2 fully saturated rings. The number of ether oxygens (including phenoxy) is 4. The van der Waals surface area contributed by atoms with Crippen LogP contribution in [0.15, 0.2) is 18.2 Å². The van der Waals surface area contributed by atoms with Crippen LogP contribution in [0.5, 0.6) is 0 Å². The molecular formula is C33H49F6N5O6Si. The number of aromatic nitrogens is 2. The number of carbonyl (C=O) groups excluding carboxylic acids is 2. The lowest BCUT2D eigenvalue weighted by molar-refractivity contribution is -0.265. The Hall–Kier alpha value is -3.09. The maximum atomic E-state index is 13.9. The molecule has 1 aliphatic heterocycles. The minimum Gasteiger partial charge on any atom is -0.444 e. The summed E-state index contributed by atoms with van der Waals surface area (Å²) >= 11 is 0. The Morgan fingerprint density at radius 1 is 1.10 bits per heavy atom. The van der Waals surface area contributed by atoms with Crippen molar-refractivity contribution in [3.8, 4) is 0 Å². The number of hydrogen-bond acceptors (Lipinski definition) is 7. The first-order valence-corrected chi connectivity index (χ1v) is 20.4. The van der Waals surface area contributed by atoms with Gasteiger partial charge in [-0.3, -0.25) is 0 Å². The molecule has 0 spiro atoms. The summed E-state index contributed by atoms with van der Waals surface area (Å²) in [6.45, 7) is 8.91. The fraction of sp³-hybridized carbons (Fsp3) is 0.727. The van der Waals surface area contributed by atoms with Gasteiger partial charge in [0.05, 0.1) is 45.6 Å². The molecule has 2 aliphatic rings. The molecule has 2 aromatic rings. The molecule has 3 atom stereocenters. The molecule has 11 nitrogen and oxygen atoms in total. The van der Waals surface area contributed by atoms with E-state index in [1.807, 2.05) is 0 Å². The number of alkyl carbamates (subject to hydrolysis) is 1. The molecule has 18 heteroatoms. The molecule has 1 aromatic carbocycles. The summed E-state index contributed by atoms with van der Waals surface area (Å²) in [7, 11) is -1.54. The summed E-state index contributed by atoms with van der Waals surface area (Å²) < 4.78 is 124. The van der Waals surface area contributed by atoms with Gasteiger partial charge in [-0.15, -0.1) is 0 Å². The molecule has 0 unspecified atom stereocenters. The van der Waals surface area contributed by atoms with Crippen LogP contribution in [0.25, 0.3) is 11.0 Å². The third-order valence-electron chi connectivity index (χ3n) is 8.11. The maximum Gasteiger partial charge on any atom is 0.416 e. The number of imidazole rings is 1. The van der Waals surface area contributed by atoms with Gasteiger partial charge in [-0.2, -0.15) is 26.3 Å². The molecule has 4 rings (SSSR count). The van der Waals surface area contributed by atoms with Crippen molar-refractivity contribution in [3.05, 3.63) is 29.6 Å². The van der Waals surface area contributed by atoms with Gasteiger partial charge in [0.15, 0.2) is 5.60 Å². The van der Waals surface area contributed by atoms with Crippen molar-refractivity contribution in [2.45, 2.75) is 128 Å². The fourth-order valence-corrected chi connectivity index (χ4v) is 5.66. The minimum absolute atomic E-state index is 0.0196. The quantitative estimate of drug-likeness (QED) is 0.110. The maximum absolute atomic E-state index is 13.9. The number of rotatable bonds is 15. The Labute approximate surface area is 297 Å². The zero-order valence-electron chi connectivity index (χ0n) is 32.1. The zero-order chi connectivity index (χ0) is 39.9. The summed E-state index contributed by atoms with van der Waals surface area (Å²) in [5.74, 6) is 0.0196. The van der Waals surface area contributed by atoms with Crippen LogP contribution in [-0.4, -0.2) is 96.7 Å². The standard InChI is InChI=1S/C33H49F6N5O6Si/c1-30(2,3)50-29(46)41-23(17-49-31(4,5)33(37,38)39)27-40-22-15-20(9-12-24(22)44(27)19-47-13-14-51(6,7)8)25(18-48-21-10-11-21)43-16-26(32(34,35)36)42-28(43)45/h9,12,15,21,23,25-26H,10-11,13-14,16-19H2,1-8H3,(H,41,46)(H,42,45)/t23-,25+,26-/m0/s1/i16D2. The van der Waals surface area contributed by atoms with Crippen LogP contribution in [0, 0.1) is 0 Å². The van der Waals surface area contributed by atoms with Crippen LogP contribution in [0.4, 0.5) is 35.9 Å². The first-order valence-electron chi connectivity index (χ1n) is 17.7. The largest absolute Gasteiger partial charge is 0.444 e. The number of benzene rings is 1.